The molecule has 0 aliphatic rings. The summed E-state index contributed by atoms with van der Waals surface area (Å²) in [6, 6.07) is 0. The molecule has 0 radical (unpaired) electrons. The Bertz CT molecular complexity index is 441. The van der Waals surface area contributed by atoms with Gasteiger partial charge in [-0.3, -0.25) is 0 Å². The molecule has 0 aliphatic carbocycles. The van der Waals surface area contributed by atoms with Gasteiger partial charge in [-0.25, -0.2) is 4.98 Å². The molecule has 1 atom stereocenters. The molecule has 1 N–H and O–H groups in total. The Morgan fingerprint density at radius 2 is 2.57 bits per heavy atom. The third-order valence-corrected chi connectivity index (χ3v) is 3.43. The highest BCUT2D eigenvalue weighted by molar-refractivity contribution is 7.71. The zero-order valence-corrected chi connectivity index (χ0v) is 9.44. The largest absolute Gasteiger partial charge is 0.337 e. The first kappa shape index (κ1) is 9.61. The molecule has 0 spiro atoms. The Hall–Kier alpha value is -0.940. The van der Waals surface area contributed by atoms with Gasteiger partial charge < -0.3 is 9.55 Å². The van der Waals surface area contributed by atoms with Crippen LogP contribution >= 0.6 is 23.6 Å². The molecule has 3 nitrogen and oxygen atoms in total. The molecule has 74 valence electrons. The number of nitrogens with zero attached hydrogens (tertiary/aromatic N) is 2. The summed E-state index contributed by atoms with van der Waals surface area (Å²) in [6.07, 6.45) is 5.66. The molecule has 0 fully saturated rings. The fraction of sp³-hybridized carbons (Fsp3) is 0.333. The summed E-state index contributed by atoms with van der Waals surface area (Å²) in [5, 5.41) is 3.16. The van der Waals surface area contributed by atoms with Crippen LogP contribution in [0.3, 0.4) is 0 Å². The van der Waals surface area contributed by atoms with Gasteiger partial charge in [0, 0.05) is 36.4 Å². The Kier molecular flexibility index (Phi) is 2.79. The van der Waals surface area contributed by atoms with Crippen molar-refractivity contribution in [2.45, 2.75) is 19.4 Å². The van der Waals surface area contributed by atoms with Crippen LogP contribution in [0.1, 0.15) is 17.8 Å². The first-order chi connectivity index (χ1) is 6.77. The van der Waals surface area contributed by atoms with Crippen LogP contribution in [0, 0.1) is 4.77 Å². The summed E-state index contributed by atoms with van der Waals surface area (Å²) < 4.78 is 2.80. The zero-order valence-electron chi connectivity index (χ0n) is 7.80. The van der Waals surface area contributed by atoms with Gasteiger partial charge in [-0.2, -0.15) is 0 Å². The quantitative estimate of drug-likeness (QED) is 0.815. The van der Waals surface area contributed by atoms with E-state index < -0.39 is 0 Å². The van der Waals surface area contributed by atoms with E-state index in [2.05, 4.69) is 16.9 Å². The van der Waals surface area contributed by atoms with E-state index in [0.717, 1.165) is 16.3 Å². The number of thiazole rings is 1. The van der Waals surface area contributed by atoms with Crippen LogP contribution in [0.2, 0.25) is 0 Å². The summed E-state index contributed by atoms with van der Waals surface area (Å²) >= 11 is 6.81. The van der Waals surface area contributed by atoms with E-state index in [9.17, 15) is 0 Å². The minimum absolute atomic E-state index is 0.414. The van der Waals surface area contributed by atoms with Crippen molar-refractivity contribution < 1.29 is 0 Å². The first-order valence-corrected chi connectivity index (χ1v) is 5.69. The molecule has 14 heavy (non-hydrogen) atoms. The van der Waals surface area contributed by atoms with E-state index in [4.69, 9.17) is 12.2 Å². The number of hydrogen-bond donors (Lipinski definition) is 1. The van der Waals surface area contributed by atoms with E-state index in [0.29, 0.717) is 5.92 Å². The predicted octanol–water partition coefficient (Wildman–Crippen LogP) is 2.81. The van der Waals surface area contributed by atoms with Crippen LogP contribution in [0.5, 0.6) is 0 Å². The molecule has 0 aliphatic heterocycles. The van der Waals surface area contributed by atoms with Gasteiger partial charge in [0.1, 0.15) is 0 Å². The van der Waals surface area contributed by atoms with Gasteiger partial charge in [0.25, 0.3) is 0 Å². The highest BCUT2D eigenvalue weighted by Crippen LogP contribution is 2.19. The second-order valence-corrected chi connectivity index (χ2v) is 4.50. The fourth-order valence-corrected chi connectivity index (χ4v) is 2.24. The molecule has 0 amide bonds. The molecule has 2 aromatic rings. The predicted molar refractivity (Wildman–Crippen MR) is 60.1 cm³/mol. The van der Waals surface area contributed by atoms with Gasteiger partial charge in [-0.15, -0.1) is 11.3 Å². The van der Waals surface area contributed by atoms with Crippen LogP contribution < -0.4 is 0 Å². The fourth-order valence-electron chi connectivity index (χ4n) is 1.34. The van der Waals surface area contributed by atoms with Crippen molar-refractivity contribution in [2.24, 2.45) is 0 Å². The van der Waals surface area contributed by atoms with Crippen molar-refractivity contribution in [3.8, 4) is 0 Å². The molecule has 2 rings (SSSR count). The lowest BCUT2D eigenvalue weighted by molar-refractivity contribution is 0.589. The van der Waals surface area contributed by atoms with Crippen LogP contribution in [0.4, 0.5) is 0 Å². The van der Waals surface area contributed by atoms with Crippen LogP contribution in [0.25, 0.3) is 0 Å². The molecule has 0 aromatic carbocycles. The monoisotopic (exact) mass is 225 g/mol. The van der Waals surface area contributed by atoms with Crippen molar-refractivity contribution in [3.63, 3.8) is 0 Å². The molecular weight excluding hydrogens is 214 g/mol. The van der Waals surface area contributed by atoms with E-state index in [-0.39, 0.29) is 0 Å². The van der Waals surface area contributed by atoms with Gasteiger partial charge in [0.05, 0.1) is 5.01 Å². The maximum atomic E-state index is 5.12. The molecular formula is C9H11N3S2. The minimum Gasteiger partial charge on any atom is -0.337 e. The summed E-state index contributed by atoms with van der Waals surface area (Å²) in [5.41, 5.74) is 0. The lowest BCUT2D eigenvalue weighted by Gasteiger charge is -2.08. The Morgan fingerprint density at radius 3 is 3.14 bits per heavy atom. The van der Waals surface area contributed by atoms with Crippen LogP contribution in [-0.4, -0.2) is 14.5 Å². The summed E-state index contributed by atoms with van der Waals surface area (Å²) in [6.45, 7) is 3.05. The van der Waals surface area contributed by atoms with Gasteiger partial charge in [-0.1, -0.05) is 6.92 Å². The molecule has 0 saturated heterocycles. The average Bonchev–Trinajstić information content (AvgIpc) is 2.77. The van der Waals surface area contributed by atoms with Crippen molar-refractivity contribution in [2.75, 3.05) is 0 Å². The van der Waals surface area contributed by atoms with Gasteiger partial charge in [0.2, 0.25) is 0 Å². The van der Waals surface area contributed by atoms with E-state index in [1.165, 1.54) is 0 Å². The smallest absolute Gasteiger partial charge is 0.177 e. The molecule has 1 unspecified atom stereocenters. The molecule has 5 heteroatoms. The van der Waals surface area contributed by atoms with E-state index in [1.807, 2.05) is 28.5 Å². The maximum absolute atomic E-state index is 5.12. The Labute approximate surface area is 91.4 Å². The lowest BCUT2D eigenvalue weighted by atomic mass is 10.2. The maximum Gasteiger partial charge on any atom is 0.177 e. The third kappa shape index (κ3) is 1.93. The third-order valence-electron chi connectivity index (χ3n) is 2.07. The normalized spacial score (nSPS) is 12.9. The number of rotatable bonds is 3. The SMILES string of the molecule is CC(Cn1cc[nH]c1=S)c1nccs1. The minimum atomic E-state index is 0.414. The highest BCUT2D eigenvalue weighted by Gasteiger charge is 2.08. The van der Waals surface area contributed by atoms with Gasteiger partial charge in [-0.05, 0) is 12.2 Å². The summed E-state index contributed by atoms with van der Waals surface area (Å²) in [4.78, 5) is 7.27. The van der Waals surface area contributed by atoms with E-state index >= 15 is 0 Å². The molecule has 2 heterocycles. The van der Waals surface area contributed by atoms with Crippen LogP contribution in [0.15, 0.2) is 24.0 Å². The molecule has 0 saturated carbocycles. The first-order valence-electron chi connectivity index (χ1n) is 4.40. The van der Waals surface area contributed by atoms with Gasteiger partial charge in [0.15, 0.2) is 4.77 Å². The number of aromatic amines is 1. The molecule has 0 bridgehead atoms. The van der Waals surface area contributed by atoms with Crippen molar-refractivity contribution in [1.82, 2.24) is 14.5 Å². The second kappa shape index (κ2) is 4.06. The van der Waals surface area contributed by atoms with Crippen molar-refractivity contribution in [3.05, 3.63) is 33.7 Å². The highest BCUT2D eigenvalue weighted by atomic mass is 32.1. The lowest BCUT2D eigenvalue weighted by Crippen LogP contribution is -2.04. The molecule has 2 aromatic heterocycles. The van der Waals surface area contributed by atoms with E-state index in [1.54, 1.807) is 11.3 Å². The Morgan fingerprint density at radius 1 is 1.71 bits per heavy atom. The number of H-pyrrole nitrogens is 1. The zero-order chi connectivity index (χ0) is 9.97. The Balaban J connectivity index is 2.13. The summed E-state index contributed by atoms with van der Waals surface area (Å²) in [7, 11) is 0. The summed E-state index contributed by atoms with van der Waals surface area (Å²) in [5.74, 6) is 0.414. The topological polar surface area (TPSA) is 33.6 Å². The van der Waals surface area contributed by atoms with Crippen molar-refractivity contribution in [1.29, 1.82) is 0 Å². The van der Waals surface area contributed by atoms with Gasteiger partial charge >= 0.3 is 0 Å². The van der Waals surface area contributed by atoms with Crippen molar-refractivity contribution >= 4 is 23.6 Å². The number of nitrogens with one attached hydrogen (secondary N) is 1. The second-order valence-electron chi connectivity index (χ2n) is 3.19. The average molecular weight is 225 g/mol. The van der Waals surface area contributed by atoms with Crippen LogP contribution in [-0.2, 0) is 6.54 Å². The number of aromatic nitrogens is 3. The standard InChI is InChI=1S/C9H11N3S2/c1-7(8-10-3-5-14-8)6-12-4-2-11-9(12)13/h2-5,7H,6H2,1H3,(H,11,13). The number of imidazole rings is 1. The number of hydrogen-bond acceptors (Lipinski definition) is 3.